The van der Waals surface area contributed by atoms with Gasteiger partial charge in [-0.1, -0.05) is 24.3 Å². The number of aryl methyl sites for hydroxylation is 1. The van der Waals surface area contributed by atoms with Gasteiger partial charge in [-0.25, -0.2) is 8.42 Å². The van der Waals surface area contributed by atoms with Gasteiger partial charge < -0.3 is 24.5 Å². The van der Waals surface area contributed by atoms with Gasteiger partial charge in [0.25, 0.3) is 0 Å². The van der Waals surface area contributed by atoms with Gasteiger partial charge in [0, 0.05) is 56.4 Å². The van der Waals surface area contributed by atoms with Gasteiger partial charge in [0.05, 0.1) is 16.2 Å². The minimum absolute atomic E-state index is 0. The maximum Gasteiger partial charge on any atom is 0.416 e. The van der Waals surface area contributed by atoms with E-state index >= 15 is 0 Å². The summed E-state index contributed by atoms with van der Waals surface area (Å²) in [6.45, 7) is 4.79. The number of aromatic nitrogens is 2. The summed E-state index contributed by atoms with van der Waals surface area (Å²) >= 11 is 0. The number of rotatable bonds is 10. The number of imidazole rings is 1. The fourth-order valence-electron chi connectivity index (χ4n) is 5.60. The van der Waals surface area contributed by atoms with E-state index in [2.05, 4.69) is 14.8 Å². The normalized spacial score (nSPS) is 16.8. The second kappa shape index (κ2) is 14.4. The highest BCUT2D eigenvalue weighted by atomic mass is 35.5. The van der Waals surface area contributed by atoms with E-state index in [4.69, 9.17) is 9.47 Å². The number of hydrogen-bond acceptors (Lipinski definition) is 9. The van der Waals surface area contributed by atoms with Crippen molar-refractivity contribution in [3.05, 3.63) is 106 Å². The lowest BCUT2D eigenvalue weighted by molar-refractivity contribution is -0.389. The molecule has 16 heteroatoms. The van der Waals surface area contributed by atoms with Crippen molar-refractivity contribution in [2.45, 2.75) is 42.4 Å². The summed E-state index contributed by atoms with van der Waals surface area (Å²) in [5.41, 5.74) is 1.52. The molecule has 0 bridgehead atoms. The molecule has 0 radical (unpaired) electrons. The summed E-state index contributed by atoms with van der Waals surface area (Å²) in [5.74, 6) is 0.0794. The zero-order valence-electron chi connectivity index (χ0n) is 25.6. The first-order chi connectivity index (χ1) is 22.4. The molecule has 0 saturated carbocycles. The minimum atomic E-state index is -4.47. The molecule has 3 aromatic carbocycles. The number of halogens is 4. The molecule has 2 aliphatic heterocycles. The molecule has 0 amide bonds. The number of nitro groups is 1. The van der Waals surface area contributed by atoms with Gasteiger partial charge in [-0.2, -0.15) is 13.2 Å². The Labute approximate surface area is 281 Å². The second-order valence-electron chi connectivity index (χ2n) is 11.5. The van der Waals surface area contributed by atoms with Gasteiger partial charge in [0.15, 0.2) is 9.84 Å². The molecule has 1 aromatic heterocycles. The number of alkyl halides is 3. The van der Waals surface area contributed by atoms with Crippen LogP contribution in [0, 0.1) is 10.1 Å². The van der Waals surface area contributed by atoms with Gasteiger partial charge in [0.1, 0.15) is 24.7 Å². The van der Waals surface area contributed by atoms with E-state index in [0.29, 0.717) is 37.4 Å². The van der Waals surface area contributed by atoms with Gasteiger partial charge in [-0.15, -0.1) is 12.4 Å². The molecule has 0 aliphatic carbocycles. The van der Waals surface area contributed by atoms with Crippen LogP contribution in [0.4, 0.5) is 24.7 Å². The van der Waals surface area contributed by atoms with Crippen LogP contribution in [0.3, 0.4) is 0 Å². The Hall–Kier alpha value is -4.34. The fourth-order valence-corrected chi connectivity index (χ4v) is 6.94. The highest BCUT2D eigenvalue weighted by Gasteiger charge is 2.31. The molecular formula is C32H33ClF3N5O6S. The van der Waals surface area contributed by atoms with Crippen LogP contribution in [-0.2, 0) is 34.9 Å². The standard InChI is InChI=1S/C32H32F3N5O6S.ClH/c33-32(34,35)25-5-1-24(2-6-25)22-47(43,44)29-11-3-23(4-12-29)19-37-15-17-38(18-16-37)26-7-9-27(10-8-26)45-21-28-13-14-39-20-30(40(41)42)36-31(39)46-28;/h1-12,20,28H,13-19,21-22H2;1H. The SMILES string of the molecule is Cl.O=[N+]([O-])c1cn2c(n1)OC(COc1ccc(N3CCN(Cc4ccc(S(=O)(=O)Cc5ccc(C(F)(F)F)cc5)cc4)CC3)cc1)CC2. The van der Waals surface area contributed by atoms with Crippen LogP contribution in [0.15, 0.2) is 83.9 Å². The summed E-state index contributed by atoms with van der Waals surface area (Å²) in [7, 11) is -3.72. The third-order valence-electron chi connectivity index (χ3n) is 8.21. The second-order valence-corrected chi connectivity index (χ2v) is 13.5. The van der Waals surface area contributed by atoms with E-state index in [0.717, 1.165) is 49.6 Å². The predicted molar refractivity (Wildman–Crippen MR) is 173 cm³/mol. The monoisotopic (exact) mass is 707 g/mol. The Morgan fingerprint density at radius 1 is 0.917 bits per heavy atom. The van der Waals surface area contributed by atoms with Gasteiger partial charge in [-0.3, -0.25) is 9.47 Å². The van der Waals surface area contributed by atoms with E-state index in [-0.39, 0.29) is 41.0 Å². The summed E-state index contributed by atoms with van der Waals surface area (Å²) in [5, 5.41) is 11.0. The van der Waals surface area contributed by atoms with Crippen molar-refractivity contribution in [2.75, 3.05) is 37.7 Å². The molecule has 256 valence electrons. The smallest absolute Gasteiger partial charge is 0.416 e. The third kappa shape index (κ3) is 8.38. The van der Waals surface area contributed by atoms with E-state index < -0.39 is 26.5 Å². The Bertz CT molecular complexity index is 1810. The van der Waals surface area contributed by atoms with Crippen molar-refractivity contribution in [3.63, 3.8) is 0 Å². The Kier molecular flexibility index (Phi) is 10.5. The van der Waals surface area contributed by atoms with Crippen molar-refractivity contribution < 1.29 is 36.0 Å². The van der Waals surface area contributed by atoms with E-state index in [1.165, 1.54) is 18.3 Å². The number of piperazine rings is 1. The number of nitrogens with zero attached hydrogens (tertiary/aromatic N) is 5. The van der Waals surface area contributed by atoms with Crippen LogP contribution in [0.2, 0.25) is 0 Å². The maximum absolute atomic E-state index is 12.9. The van der Waals surface area contributed by atoms with Crippen LogP contribution in [0.5, 0.6) is 11.8 Å². The number of anilines is 1. The minimum Gasteiger partial charge on any atom is -0.490 e. The highest BCUT2D eigenvalue weighted by molar-refractivity contribution is 7.90. The number of fused-ring (bicyclic) bond motifs is 1. The number of benzene rings is 3. The van der Waals surface area contributed by atoms with Crippen LogP contribution >= 0.6 is 12.4 Å². The molecule has 11 nitrogen and oxygen atoms in total. The van der Waals surface area contributed by atoms with Crippen molar-refractivity contribution >= 4 is 33.7 Å². The lowest BCUT2D eigenvalue weighted by Crippen LogP contribution is -2.45. The fraction of sp³-hybridized carbons (Fsp3) is 0.344. The van der Waals surface area contributed by atoms with Crippen LogP contribution in [0.1, 0.15) is 23.1 Å². The summed E-state index contributed by atoms with van der Waals surface area (Å²) in [6.07, 6.45) is -2.71. The summed E-state index contributed by atoms with van der Waals surface area (Å²) in [4.78, 5) is 19.0. The first-order valence-corrected chi connectivity index (χ1v) is 16.6. The molecule has 2 aliphatic rings. The van der Waals surface area contributed by atoms with Crippen molar-refractivity contribution in [1.82, 2.24) is 14.5 Å². The maximum atomic E-state index is 12.9. The Morgan fingerprint density at radius 2 is 1.56 bits per heavy atom. The van der Waals surface area contributed by atoms with E-state index in [1.807, 2.05) is 24.3 Å². The molecule has 0 N–H and O–H groups in total. The lowest BCUT2D eigenvalue weighted by Gasteiger charge is -2.36. The van der Waals surface area contributed by atoms with Gasteiger partial charge in [-0.05, 0) is 64.6 Å². The zero-order valence-corrected chi connectivity index (χ0v) is 27.2. The first kappa shape index (κ1) is 35.0. The average Bonchev–Trinajstić information content (AvgIpc) is 3.49. The molecule has 3 heterocycles. The highest BCUT2D eigenvalue weighted by Crippen LogP contribution is 2.30. The molecule has 1 saturated heterocycles. The van der Waals surface area contributed by atoms with Crippen LogP contribution in [0.25, 0.3) is 0 Å². The average molecular weight is 708 g/mol. The predicted octanol–water partition coefficient (Wildman–Crippen LogP) is 5.76. The summed E-state index contributed by atoms with van der Waals surface area (Å²) in [6, 6.07) is 18.9. The lowest BCUT2D eigenvalue weighted by atomic mass is 10.1. The largest absolute Gasteiger partial charge is 0.490 e. The number of ether oxygens (including phenoxy) is 2. The Balaban J connectivity index is 0.00000451. The molecular weight excluding hydrogens is 675 g/mol. The molecule has 48 heavy (non-hydrogen) atoms. The molecule has 1 fully saturated rings. The number of sulfone groups is 1. The number of hydrogen-bond donors (Lipinski definition) is 0. The van der Waals surface area contributed by atoms with Crippen LogP contribution < -0.4 is 14.4 Å². The van der Waals surface area contributed by atoms with Gasteiger partial charge in [0.2, 0.25) is 0 Å². The molecule has 1 atom stereocenters. The van der Waals surface area contributed by atoms with Gasteiger partial charge >= 0.3 is 18.0 Å². The van der Waals surface area contributed by atoms with E-state index in [1.54, 1.807) is 28.8 Å². The van der Waals surface area contributed by atoms with Crippen molar-refractivity contribution in [2.24, 2.45) is 0 Å². The first-order valence-electron chi connectivity index (χ1n) is 15.0. The van der Waals surface area contributed by atoms with Crippen molar-refractivity contribution in [3.8, 4) is 11.8 Å². The van der Waals surface area contributed by atoms with E-state index in [9.17, 15) is 31.7 Å². The topological polar surface area (TPSA) is 120 Å². The molecule has 1 unspecified atom stereocenters. The zero-order chi connectivity index (χ0) is 33.2. The molecule has 6 rings (SSSR count). The molecule has 4 aromatic rings. The quantitative estimate of drug-likeness (QED) is 0.150. The third-order valence-corrected chi connectivity index (χ3v) is 9.92. The Morgan fingerprint density at radius 3 is 2.19 bits per heavy atom. The summed E-state index contributed by atoms with van der Waals surface area (Å²) < 4.78 is 77.5. The van der Waals surface area contributed by atoms with Crippen molar-refractivity contribution in [1.29, 1.82) is 0 Å². The van der Waals surface area contributed by atoms with Crippen LogP contribution in [-0.4, -0.2) is 66.7 Å². The molecule has 0 spiro atoms.